The van der Waals surface area contributed by atoms with Gasteiger partial charge in [0.2, 0.25) is 5.91 Å². The number of amides is 1. The van der Waals surface area contributed by atoms with Crippen molar-refractivity contribution >= 4 is 23.1 Å². The maximum absolute atomic E-state index is 11.7. The van der Waals surface area contributed by atoms with Crippen LogP contribution in [0.3, 0.4) is 0 Å². The number of hydrogen-bond donors (Lipinski definition) is 1. The summed E-state index contributed by atoms with van der Waals surface area (Å²) in [5.41, 5.74) is 2.32. The second-order valence-electron chi connectivity index (χ2n) is 3.77. The van der Waals surface area contributed by atoms with Gasteiger partial charge >= 0.3 is 0 Å². The van der Waals surface area contributed by atoms with Crippen molar-refractivity contribution < 1.29 is 9.59 Å². The third-order valence-corrected chi connectivity index (χ3v) is 2.90. The normalized spacial score (nSPS) is 18.5. The van der Waals surface area contributed by atoms with Crippen LogP contribution in [0.25, 0.3) is 0 Å². The molecular formula is C11H10N2O2. The Morgan fingerprint density at radius 2 is 2.13 bits per heavy atom. The Kier molecular flexibility index (Phi) is 1.59. The smallest absolute Gasteiger partial charge is 0.246 e. The number of anilines is 2. The van der Waals surface area contributed by atoms with Crippen LogP contribution in [0, 0.1) is 0 Å². The molecule has 0 aromatic heterocycles. The van der Waals surface area contributed by atoms with E-state index in [2.05, 4.69) is 5.32 Å². The molecular weight excluding hydrogens is 192 g/mol. The quantitative estimate of drug-likeness (QED) is 0.683. The predicted molar refractivity (Wildman–Crippen MR) is 56.2 cm³/mol. The number of carbonyl (C=O) groups is 2. The lowest BCUT2D eigenvalue weighted by atomic mass is 9.97. The van der Waals surface area contributed by atoms with Gasteiger partial charge in [0.15, 0.2) is 5.78 Å². The van der Waals surface area contributed by atoms with Crippen molar-refractivity contribution in [3.8, 4) is 0 Å². The first kappa shape index (κ1) is 8.47. The van der Waals surface area contributed by atoms with Gasteiger partial charge in [-0.25, -0.2) is 0 Å². The summed E-state index contributed by atoms with van der Waals surface area (Å²) >= 11 is 0. The van der Waals surface area contributed by atoms with Crippen molar-refractivity contribution in [1.29, 1.82) is 0 Å². The maximum atomic E-state index is 11.7. The molecule has 0 atom stereocenters. The van der Waals surface area contributed by atoms with Crippen molar-refractivity contribution in [3.63, 3.8) is 0 Å². The number of ketones is 1. The molecule has 1 N–H and O–H groups in total. The maximum Gasteiger partial charge on any atom is 0.246 e. The molecule has 0 bridgehead atoms. The molecule has 2 heterocycles. The zero-order valence-corrected chi connectivity index (χ0v) is 8.12. The fourth-order valence-corrected chi connectivity index (χ4v) is 2.18. The van der Waals surface area contributed by atoms with E-state index in [1.165, 1.54) is 0 Å². The van der Waals surface area contributed by atoms with E-state index in [9.17, 15) is 9.59 Å². The van der Waals surface area contributed by atoms with Gasteiger partial charge in [0.25, 0.3) is 0 Å². The lowest BCUT2D eigenvalue weighted by Gasteiger charge is -2.34. The summed E-state index contributed by atoms with van der Waals surface area (Å²) in [4.78, 5) is 25.0. The molecule has 1 amide bonds. The Bertz CT molecular complexity index is 468. The fourth-order valence-electron chi connectivity index (χ4n) is 2.18. The number of nitrogens with one attached hydrogen (secondary N) is 1. The van der Waals surface area contributed by atoms with Crippen LogP contribution in [-0.4, -0.2) is 24.8 Å². The largest absolute Gasteiger partial charge is 0.374 e. The third kappa shape index (κ3) is 1.08. The number of Topliss-reactive ketones (excluding diaryl/α,β-unsaturated/α-hetero) is 1. The zero-order valence-electron chi connectivity index (χ0n) is 8.12. The molecule has 0 radical (unpaired) electrons. The van der Waals surface area contributed by atoms with Crippen LogP contribution in [0.4, 0.5) is 11.4 Å². The topological polar surface area (TPSA) is 49.4 Å². The van der Waals surface area contributed by atoms with E-state index in [0.29, 0.717) is 25.1 Å². The lowest BCUT2D eigenvalue weighted by Crippen LogP contribution is -2.44. The standard InChI is InChI=1S/C11H10N2O2/c14-9-4-5-13-10(15)6-12-8-3-1-2-7(9)11(8)13/h1-3,12H,4-6H2. The summed E-state index contributed by atoms with van der Waals surface area (Å²) in [5.74, 6) is 0.169. The molecule has 0 saturated carbocycles. The van der Waals surface area contributed by atoms with Gasteiger partial charge in [-0.2, -0.15) is 0 Å². The number of benzene rings is 1. The van der Waals surface area contributed by atoms with E-state index < -0.39 is 0 Å². The molecule has 15 heavy (non-hydrogen) atoms. The molecule has 0 spiro atoms. The minimum atomic E-state index is 0.0439. The predicted octanol–water partition coefficient (Wildman–Crippen LogP) is 1.03. The molecule has 76 valence electrons. The van der Waals surface area contributed by atoms with E-state index in [-0.39, 0.29) is 11.7 Å². The Labute approximate surface area is 86.9 Å². The Morgan fingerprint density at radius 1 is 1.27 bits per heavy atom. The minimum absolute atomic E-state index is 0.0439. The molecule has 2 aliphatic rings. The minimum Gasteiger partial charge on any atom is -0.374 e. The van der Waals surface area contributed by atoms with Gasteiger partial charge in [0, 0.05) is 18.5 Å². The molecule has 0 unspecified atom stereocenters. The van der Waals surface area contributed by atoms with Crippen LogP contribution in [-0.2, 0) is 4.79 Å². The summed E-state index contributed by atoms with van der Waals surface area (Å²) in [7, 11) is 0. The molecule has 1 aromatic carbocycles. The molecule has 0 fully saturated rings. The van der Waals surface area contributed by atoms with Crippen molar-refractivity contribution in [3.05, 3.63) is 23.8 Å². The first-order chi connectivity index (χ1) is 7.27. The van der Waals surface area contributed by atoms with Crippen molar-refractivity contribution in [2.24, 2.45) is 0 Å². The van der Waals surface area contributed by atoms with Crippen LogP contribution < -0.4 is 10.2 Å². The first-order valence-electron chi connectivity index (χ1n) is 4.98. The summed E-state index contributed by atoms with van der Waals surface area (Å²) in [6, 6.07) is 5.53. The van der Waals surface area contributed by atoms with Gasteiger partial charge in [-0.3, -0.25) is 9.59 Å². The van der Waals surface area contributed by atoms with E-state index in [1.807, 2.05) is 12.1 Å². The zero-order chi connectivity index (χ0) is 10.4. The molecule has 3 rings (SSSR count). The van der Waals surface area contributed by atoms with Crippen LogP contribution in [0.5, 0.6) is 0 Å². The number of para-hydroxylation sites is 1. The van der Waals surface area contributed by atoms with Crippen molar-refractivity contribution in [1.82, 2.24) is 0 Å². The Morgan fingerprint density at radius 3 is 3.00 bits per heavy atom. The van der Waals surface area contributed by atoms with Gasteiger partial charge in [-0.05, 0) is 12.1 Å². The number of hydrogen-bond acceptors (Lipinski definition) is 3. The Hall–Kier alpha value is -1.84. The highest BCUT2D eigenvalue weighted by atomic mass is 16.2. The molecule has 4 nitrogen and oxygen atoms in total. The van der Waals surface area contributed by atoms with Gasteiger partial charge in [-0.1, -0.05) is 6.07 Å². The fraction of sp³-hybridized carbons (Fsp3) is 0.273. The average molecular weight is 202 g/mol. The van der Waals surface area contributed by atoms with Gasteiger partial charge in [-0.15, -0.1) is 0 Å². The molecule has 2 aliphatic heterocycles. The highest BCUT2D eigenvalue weighted by Gasteiger charge is 2.32. The van der Waals surface area contributed by atoms with Crippen LogP contribution in [0.15, 0.2) is 18.2 Å². The SMILES string of the molecule is O=C1CCN2C(=O)CNc3cccc1c32. The highest BCUT2D eigenvalue weighted by Crippen LogP contribution is 2.36. The Balaban J connectivity index is 2.26. The lowest BCUT2D eigenvalue weighted by molar-refractivity contribution is -0.117. The van der Waals surface area contributed by atoms with Crippen LogP contribution >= 0.6 is 0 Å². The summed E-state index contributed by atoms with van der Waals surface area (Å²) < 4.78 is 0. The monoisotopic (exact) mass is 202 g/mol. The van der Waals surface area contributed by atoms with E-state index >= 15 is 0 Å². The van der Waals surface area contributed by atoms with Gasteiger partial charge in [0.05, 0.1) is 17.9 Å². The third-order valence-electron chi connectivity index (χ3n) is 2.90. The molecule has 0 aliphatic carbocycles. The molecule has 4 heteroatoms. The second kappa shape index (κ2) is 2.82. The molecule has 1 aromatic rings. The number of carbonyl (C=O) groups excluding carboxylic acids is 2. The number of rotatable bonds is 0. The van der Waals surface area contributed by atoms with E-state index in [4.69, 9.17) is 0 Å². The highest BCUT2D eigenvalue weighted by molar-refractivity contribution is 6.14. The average Bonchev–Trinajstić information content (AvgIpc) is 2.26. The first-order valence-corrected chi connectivity index (χ1v) is 4.98. The van der Waals surface area contributed by atoms with Gasteiger partial charge < -0.3 is 10.2 Å². The van der Waals surface area contributed by atoms with Gasteiger partial charge in [0.1, 0.15) is 0 Å². The van der Waals surface area contributed by atoms with E-state index in [1.54, 1.807) is 11.0 Å². The summed E-state index contributed by atoms with van der Waals surface area (Å²) in [6.07, 6.45) is 0.433. The molecule has 0 saturated heterocycles. The van der Waals surface area contributed by atoms with Crippen LogP contribution in [0.1, 0.15) is 16.8 Å². The number of nitrogens with zero attached hydrogens (tertiary/aromatic N) is 1. The van der Waals surface area contributed by atoms with Crippen LogP contribution in [0.2, 0.25) is 0 Å². The van der Waals surface area contributed by atoms with Crippen molar-refractivity contribution in [2.75, 3.05) is 23.3 Å². The second-order valence-corrected chi connectivity index (χ2v) is 3.77. The van der Waals surface area contributed by atoms with E-state index in [0.717, 1.165) is 11.4 Å². The summed E-state index contributed by atoms with van der Waals surface area (Å²) in [6.45, 7) is 0.841. The summed E-state index contributed by atoms with van der Waals surface area (Å²) in [5, 5.41) is 3.03. The van der Waals surface area contributed by atoms with Crippen molar-refractivity contribution in [2.45, 2.75) is 6.42 Å².